The second kappa shape index (κ2) is 9.85. The molecule has 1 saturated carbocycles. The van der Waals surface area contributed by atoms with Crippen molar-refractivity contribution in [1.82, 2.24) is 15.5 Å². The van der Waals surface area contributed by atoms with Gasteiger partial charge in [-0.2, -0.15) is 0 Å². The molecule has 1 heterocycles. The Morgan fingerprint density at radius 2 is 1.62 bits per heavy atom. The third-order valence-electron chi connectivity index (χ3n) is 6.14. The van der Waals surface area contributed by atoms with E-state index in [2.05, 4.69) is 10.6 Å². The quantitative estimate of drug-likeness (QED) is 0.700. The molecule has 32 heavy (non-hydrogen) atoms. The first-order valence-electron chi connectivity index (χ1n) is 11.1. The number of benzene rings is 2. The zero-order valence-corrected chi connectivity index (χ0v) is 18.3. The minimum absolute atomic E-state index is 0.0317. The van der Waals surface area contributed by atoms with Crippen LogP contribution in [-0.4, -0.2) is 54.9 Å². The number of hydrogen-bond acceptors (Lipinski definition) is 4. The van der Waals surface area contributed by atoms with E-state index >= 15 is 0 Å². The monoisotopic (exact) mass is 435 g/mol. The lowest BCUT2D eigenvalue weighted by atomic mass is 9.88. The number of methoxy groups -OCH3 is 1. The number of likely N-dealkylation sites (tertiary alicyclic amines) is 1. The van der Waals surface area contributed by atoms with Gasteiger partial charge in [0.05, 0.1) is 7.11 Å². The van der Waals surface area contributed by atoms with Gasteiger partial charge in [-0.25, -0.2) is 0 Å². The van der Waals surface area contributed by atoms with E-state index in [9.17, 15) is 14.4 Å². The number of nitrogens with zero attached hydrogens (tertiary/aromatic N) is 1. The molecule has 2 aromatic carbocycles. The molecule has 2 aliphatic rings. The molecule has 0 spiro atoms. The van der Waals surface area contributed by atoms with Crippen LogP contribution in [0, 0.1) is 5.92 Å². The Morgan fingerprint density at radius 3 is 2.28 bits per heavy atom. The van der Waals surface area contributed by atoms with E-state index in [4.69, 9.17) is 4.74 Å². The summed E-state index contributed by atoms with van der Waals surface area (Å²) in [4.78, 5) is 40.4. The van der Waals surface area contributed by atoms with Gasteiger partial charge in [-0.15, -0.1) is 0 Å². The predicted molar refractivity (Wildman–Crippen MR) is 120 cm³/mol. The van der Waals surface area contributed by atoms with Crippen LogP contribution in [0.5, 0.6) is 5.75 Å². The van der Waals surface area contributed by atoms with Gasteiger partial charge in [0.25, 0.3) is 11.8 Å². The van der Waals surface area contributed by atoms with Crippen LogP contribution >= 0.6 is 0 Å². The summed E-state index contributed by atoms with van der Waals surface area (Å²) in [6, 6.07) is 15.7. The first kappa shape index (κ1) is 21.9. The predicted octanol–water partition coefficient (Wildman–Crippen LogP) is 2.62. The molecule has 1 saturated heterocycles. The van der Waals surface area contributed by atoms with Gasteiger partial charge < -0.3 is 20.3 Å². The van der Waals surface area contributed by atoms with Crippen molar-refractivity contribution in [2.75, 3.05) is 20.2 Å². The summed E-state index contributed by atoms with van der Waals surface area (Å²) in [5, 5.41) is 5.99. The van der Waals surface area contributed by atoms with Gasteiger partial charge in [0, 0.05) is 30.3 Å². The molecule has 1 aliphatic heterocycles. The van der Waals surface area contributed by atoms with Crippen molar-refractivity contribution >= 4 is 17.7 Å². The highest BCUT2D eigenvalue weighted by Gasteiger charge is 2.36. The van der Waals surface area contributed by atoms with Gasteiger partial charge in [-0.1, -0.05) is 24.3 Å². The molecule has 0 unspecified atom stereocenters. The van der Waals surface area contributed by atoms with Crippen LogP contribution < -0.4 is 15.4 Å². The normalized spacial score (nSPS) is 17.3. The van der Waals surface area contributed by atoms with E-state index in [0.717, 1.165) is 12.8 Å². The van der Waals surface area contributed by atoms with Crippen molar-refractivity contribution in [3.05, 3.63) is 65.7 Å². The molecule has 7 nitrogen and oxygen atoms in total. The lowest BCUT2D eigenvalue weighted by molar-refractivity contribution is -0.124. The van der Waals surface area contributed by atoms with Crippen molar-refractivity contribution in [2.45, 2.75) is 37.8 Å². The van der Waals surface area contributed by atoms with Crippen molar-refractivity contribution in [1.29, 1.82) is 0 Å². The number of carbonyl (C=O) groups is 3. The Labute approximate surface area is 188 Å². The standard InChI is InChI=1S/C25H29N3O4/c1-32-21-9-5-8-19(16-21)25(31)28-14-12-17(13-15-28)22(24(30)26-20-10-11-20)27-23(29)18-6-3-2-4-7-18/h2-9,16-17,20,22H,10-15H2,1H3,(H,26,30)(H,27,29)/t22-/m1/s1. The summed E-state index contributed by atoms with van der Waals surface area (Å²) in [5.41, 5.74) is 1.12. The number of amides is 3. The molecule has 0 bridgehead atoms. The maximum absolute atomic E-state index is 12.9. The third-order valence-corrected chi connectivity index (χ3v) is 6.14. The van der Waals surface area contributed by atoms with Crippen molar-refractivity contribution in [3.8, 4) is 5.75 Å². The topological polar surface area (TPSA) is 87.7 Å². The highest BCUT2D eigenvalue weighted by atomic mass is 16.5. The SMILES string of the molecule is COc1cccc(C(=O)N2CCC([C@@H](NC(=O)c3ccccc3)C(=O)NC3CC3)CC2)c1. The molecule has 0 aromatic heterocycles. The zero-order valence-electron chi connectivity index (χ0n) is 18.3. The van der Waals surface area contributed by atoms with E-state index in [0.29, 0.717) is 42.8 Å². The first-order chi connectivity index (χ1) is 15.5. The smallest absolute Gasteiger partial charge is 0.253 e. The summed E-state index contributed by atoms with van der Waals surface area (Å²) in [6.45, 7) is 1.07. The van der Waals surface area contributed by atoms with Crippen molar-refractivity contribution in [3.63, 3.8) is 0 Å². The molecular formula is C25H29N3O4. The van der Waals surface area contributed by atoms with Gasteiger partial charge in [-0.3, -0.25) is 14.4 Å². The lowest BCUT2D eigenvalue weighted by Crippen LogP contribution is -2.54. The van der Waals surface area contributed by atoms with Gasteiger partial charge in [0.2, 0.25) is 5.91 Å². The van der Waals surface area contributed by atoms with Crippen molar-refractivity contribution in [2.24, 2.45) is 5.92 Å². The molecule has 4 rings (SSSR count). The van der Waals surface area contributed by atoms with Gasteiger partial charge in [0.1, 0.15) is 11.8 Å². The fraction of sp³-hybridized carbons (Fsp3) is 0.400. The van der Waals surface area contributed by atoms with Crippen LogP contribution in [0.15, 0.2) is 54.6 Å². The Bertz CT molecular complexity index is 966. The third kappa shape index (κ3) is 5.28. The van der Waals surface area contributed by atoms with Gasteiger partial charge in [0.15, 0.2) is 0 Å². The van der Waals surface area contributed by atoms with Gasteiger partial charge >= 0.3 is 0 Å². The second-order valence-corrected chi connectivity index (χ2v) is 8.46. The van der Waals surface area contributed by atoms with Crippen LogP contribution in [0.2, 0.25) is 0 Å². The molecule has 1 atom stereocenters. The Hall–Kier alpha value is -3.35. The van der Waals surface area contributed by atoms with E-state index in [-0.39, 0.29) is 29.7 Å². The molecule has 1 aliphatic carbocycles. The van der Waals surface area contributed by atoms with Crippen LogP contribution in [0.4, 0.5) is 0 Å². The van der Waals surface area contributed by atoms with E-state index < -0.39 is 6.04 Å². The number of ether oxygens (including phenoxy) is 1. The Kier molecular flexibility index (Phi) is 6.73. The van der Waals surface area contributed by atoms with Crippen LogP contribution in [0.25, 0.3) is 0 Å². The summed E-state index contributed by atoms with van der Waals surface area (Å²) in [7, 11) is 1.58. The Balaban J connectivity index is 1.41. The molecule has 2 fully saturated rings. The number of rotatable bonds is 7. The largest absolute Gasteiger partial charge is 0.497 e. The summed E-state index contributed by atoms with van der Waals surface area (Å²) < 4.78 is 5.22. The highest BCUT2D eigenvalue weighted by molar-refractivity contribution is 5.98. The fourth-order valence-corrected chi connectivity index (χ4v) is 4.10. The molecule has 3 amide bonds. The van der Waals surface area contributed by atoms with E-state index in [1.807, 2.05) is 12.1 Å². The van der Waals surface area contributed by atoms with Crippen LogP contribution in [-0.2, 0) is 4.79 Å². The Morgan fingerprint density at radius 1 is 0.938 bits per heavy atom. The first-order valence-corrected chi connectivity index (χ1v) is 11.1. The van der Waals surface area contributed by atoms with E-state index in [1.165, 1.54) is 0 Å². The number of hydrogen-bond donors (Lipinski definition) is 2. The minimum Gasteiger partial charge on any atom is -0.497 e. The highest BCUT2D eigenvalue weighted by Crippen LogP contribution is 2.25. The zero-order chi connectivity index (χ0) is 22.5. The average molecular weight is 436 g/mol. The maximum atomic E-state index is 12.9. The maximum Gasteiger partial charge on any atom is 0.253 e. The average Bonchev–Trinajstić information content (AvgIpc) is 3.66. The molecule has 0 radical (unpaired) electrons. The molecule has 7 heteroatoms. The summed E-state index contributed by atoms with van der Waals surface area (Å²) in [5.74, 6) is 0.183. The van der Waals surface area contributed by atoms with Crippen molar-refractivity contribution < 1.29 is 19.1 Å². The summed E-state index contributed by atoms with van der Waals surface area (Å²) in [6.07, 6.45) is 3.26. The number of nitrogens with one attached hydrogen (secondary N) is 2. The summed E-state index contributed by atoms with van der Waals surface area (Å²) >= 11 is 0. The molecule has 168 valence electrons. The van der Waals surface area contributed by atoms with Gasteiger partial charge in [-0.05, 0) is 61.9 Å². The van der Waals surface area contributed by atoms with Crippen LogP contribution in [0.3, 0.4) is 0 Å². The fourth-order valence-electron chi connectivity index (χ4n) is 4.10. The minimum atomic E-state index is -0.614. The molecule has 2 N–H and O–H groups in total. The van der Waals surface area contributed by atoms with Crippen LogP contribution in [0.1, 0.15) is 46.4 Å². The van der Waals surface area contributed by atoms with E-state index in [1.54, 1.807) is 54.5 Å². The number of carbonyl (C=O) groups excluding carboxylic acids is 3. The lowest BCUT2D eigenvalue weighted by Gasteiger charge is -2.36. The second-order valence-electron chi connectivity index (χ2n) is 8.46. The molecular weight excluding hydrogens is 406 g/mol. The number of piperidine rings is 1. The molecule has 2 aromatic rings.